The summed E-state index contributed by atoms with van der Waals surface area (Å²) in [7, 11) is 1.64. The van der Waals surface area contributed by atoms with Crippen LogP contribution in [0.1, 0.15) is 12.0 Å². The van der Waals surface area contributed by atoms with Crippen molar-refractivity contribution in [1.29, 1.82) is 0 Å². The first-order valence-electron chi connectivity index (χ1n) is 6.99. The van der Waals surface area contributed by atoms with Crippen LogP contribution in [0.25, 0.3) is 0 Å². The van der Waals surface area contributed by atoms with Gasteiger partial charge in [0.15, 0.2) is 0 Å². The van der Waals surface area contributed by atoms with E-state index in [1.165, 1.54) is 12.1 Å². The minimum atomic E-state index is -4.35. The van der Waals surface area contributed by atoms with Crippen LogP contribution in [-0.4, -0.2) is 30.2 Å². The highest BCUT2D eigenvalue weighted by Crippen LogP contribution is 2.30. The Labute approximate surface area is 131 Å². The van der Waals surface area contributed by atoms with Crippen LogP contribution >= 0.6 is 0 Å². The molecule has 2 rings (SSSR count). The number of nitrogens with one attached hydrogen (secondary N) is 2. The zero-order chi connectivity index (χ0) is 16.7. The van der Waals surface area contributed by atoms with Gasteiger partial charge in [-0.15, -0.1) is 0 Å². The minimum absolute atomic E-state index is 0.307. The van der Waals surface area contributed by atoms with Gasteiger partial charge in [0.25, 0.3) is 0 Å². The summed E-state index contributed by atoms with van der Waals surface area (Å²) in [5.74, 6) is 0.937. The van der Waals surface area contributed by atoms with Gasteiger partial charge in [-0.2, -0.15) is 18.2 Å². The molecule has 0 aliphatic heterocycles. The van der Waals surface area contributed by atoms with Crippen molar-refractivity contribution in [2.75, 3.05) is 30.9 Å². The van der Waals surface area contributed by atoms with Gasteiger partial charge in [-0.25, -0.2) is 4.98 Å². The van der Waals surface area contributed by atoms with E-state index in [4.69, 9.17) is 4.74 Å². The van der Waals surface area contributed by atoms with E-state index in [-0.39, 0.29) is 0 Å². The molecule has 0 aliphatic rings. The van der Waals surface area contributed by atoms with E-state index in [1.807, 2.05) is 0 Å². The largest absolute Gasteiger partial charge is 0.416 e. The van der Waals surface area contributed by atoms with Gasteiger partial charge >= 0.3 is 6.18 Å². The summed E-state index contributed by atoms with van der Waals surface area (Å²) in [6.45, 7) is 1.35. The molecule has 1 aromatic carbocycles. The monoisotopic (exact) mass is 326 g/mol. The maximum atomic E-state index is 12.5. The van der Waals surface area contributed by atoms with E-state index >= 15 is 0 Å². The number of nitrogens with zero attached hydrogens (tertiary/aromatic N) is 2. The first-order valence-corrected chi connectivity index (χ1v) is 6.99. The number of alkyl halides is 3. The zero-order valence-electron chi connectivity index (χ0n) is 12.5. The van der Waals surface area contributed by atoms with Crippen molar-refractivity contribution in [3.05, 3.63) is 42.1 Å². The highest BCUT2D eigenvalue weighted by atomic mass is 19.4. The van der Waals surface area contributed by atoms with Crippen molar-refractivity contribution < 1.29 is 17.9 Å². The summed E-state index contributed by atoms with van der Waals surface area (Å²) in [5.41, 5.74) is -0.216. The molecule has 0 radical (unpaired) electrons. The van der Waals surface area contributed by atoms with E-state index in [0.29, 0.717) is 30.6 Å². The second-order valence-corrected chi connectivity index (χ2v) is 4.74. The molecule has 0 aliphatic carbocycles. The first kappa shape index (κ1) is 17.0. The molecule has 0 fully saturated rings. The average molecular weight is 326 g/mol. The van der Waals surface area contributed by atoms with E-state index in [2.05, 4.69) is 20.6 Å². The third-order valence-electron chi connectivity index (χ3n) is 2.96. The number of aromatic nitrogens is 2. The van der Waals surface area contributed by atoms with Crippen molar-refractivity contribution in [3.8, 4) is 0 Å². The van der Waals surface area contributed by atoms with Gasteiger partial charge in [-0.3, -0.25) is 0 Å². The fourth-order valence-corrected chi connectivity index (χ4v) is 1.82. The number of hydrogen-bond donors (Lipinski definition) is 2. The Kier molecular flexibility index (Phi) is 5.75. The summed E-state index contributed by atoms with van der Waals surface area (Å²) in [5, 5.41) is 5.99. The molecule has 0 spiro atoms. The van der Waals surface area contributed by atoms with Crippen LogP contribution < -0.4 is 10.6 Å². The molecule has 0 amide bonds. The number of benzene rings is 1. The summed E-state index contributed by atoms with van der Waals surface area (Å²) in [6.07, 6.45) is -1.94. The van der Waals surface area contributed by atoms with Gasteiger partial charge in [0.05, 0.1) is 5.56 Å². The van der Waals surface area contributed by atoms with Crippen LogP contribution in [0.15, 0.2) is 36.5 Å². The lowest BCUT2D eigenvalue weighted by atomic mass is 10.2. The van der Waals surface area contributed by atoms with Gasteiger partial charge in [-0.05, 0) is 36.8 Å². The zero-order valence-corrected chi connectivity index (χ0v) is 12.5. The van der Waals surface area contributed by atoms with E-state index in [0.717, 1.165) is 18.6 Å². The Morgan fingerprint density at radius 2 is 1.87 bits per heavy atom. The maximum absolute atomic E-state index is 12.5. The van der Waals surface area contributed by atoms with Crippen LogP contribution in [0.5, 0.6) is 0 Å². The van der Waals surface area contributed by atoms with Crippen molar-refractivity contribution in [2.45, 2.75) is 12.6 Å². The number of methoxy groups -OCH3 is 1. The fourth-order valence-electron chi connectivity index (χ4n) is 1.82. The quantitative estimate of drug-likeness (QED) is 0.760. The summed E-state index contributed by atoms with van der Waals surface area (Å²) >= 11 is 0. The summed E-state index contributed by atoms with van der Waals surface area (Å²) < 4.78 is 42.5. The van der Waals surface area contributed by atoms with Gasteiger partial charge in [-0.1, -0.05) is 0 Å². The Balaban J connectivity index is 1.97. The smallest absolute Gasteiger partial charge is 0.385 e. The highest BCUT2D eigenvalue weighted by molar-refractivity contribution is 5.55. The molecule has 2 N–H and O–H groups in total. The van der Waals surface area contributed by atoms with Crippen LogP contribution in [0.2, 0.25) is 0 Å². The second kappa shape index (κ2) is 7.77. The van der Waals surface area contributed by atoms with Crippen molar-refractivity contribution in [3.63, 3.8) is 0 Å². The molecule has 124 valence electrons. The lowest BCUT2D eigenvalue weighted by Crippen LogP contribution is -2.07. The lowest BCUT2D eigenvalue weighted by molar-refractivity contribution is -0.137. The van der Waals surface area contributed by atoms with Crippen LogP contribution in [-0.2, 0) is 10.9 Å². The molecule has 5 nitrogen and oxygen atoms in total. The van der Waals surface area contributed by atoms with Crippen molar-refractivity contribution >= 4 is 17.5 Å². The molecule has 0 unspecified atom stereocenters. The predicted octanol–water partition coefficient (Wildman–Crippen LogP) is 3.69. The SMILES string of the molecule is COCCCNc1ccnc(Nc2ccc(C(F)(F)F)cc2)n1. The average Bonchev–Trinajstić information content (AvgIpc) is 2.52. The van der Waals surface area contributed by atoms with Gasteiger partial charge in [0.1, 0.15) is 5.82 Å². The Hall–Kier alpha value is -2.35. The van der Waals surface area contributed by atoms with Gasteiger partial charge < -0.3 is 15.4 Å². The molecule has 1 aromatic heterocycles. The van der Waals surface area contributed by atoms with Crippen molar-refractivity contribution in [2.24, 2.45) is 0 Å². The Morgan fingerprint density at radius 1 is 1.13 bits per heavy atom. The van der Waals surface area contributed by atoms with E-state index in [9.17, 15) is 13.2 Å². The molecular weight excluding hydrogens is 309 g/mol. The van der Waals surface area contributed by atoms with Crippen molar-refractivity contribution in [1.82, 2.24) is 9.97 Å². The molecular formula is C15H17F3N4O. The molecule has 23 heavy (non-hydrogen) atoms. The first-order chi connectivity index (χ1) is 11.0. The topological polar surface area (TPSA) is 59.1 Å². The third kappa shape index (κ3) is 5.41. The number of halogens is 3. The molecule has 0 saturated heterocycles. The normalized spacial score (nSPS) is 11.3. The second-order valence-electron chi connectivity index (χ2n) is 4.74. The van der Waals surface area contributed by atoms with Crippen LogP contribution in [0.4, 0.5) is 30.6 Å². The Morgan fingerprint density at radius 3 is 2.52 bits per heavy atom. The standard InChI is InChI=1S/C15H17F3N4O/c1-23-10-2-8-19-13-7-9-20-14(22-13)21-12-5-3-11(4-6-12)15(16,17)18/h3-7,9H,2,8,10H2,1H3,(H2,19,20,21,22). The molecule has 0 saturated carbocycles. The lowest BCUT2D eigenvalue weighted by Gasteiger charge is -2.10. The molecule has 0 atom stereocenters. The van der Waals surface area contributed by atoms with E-state index in [1.54, 1.807) is 19.4 Å². The Bertz CT molecular complexity index is 617. The fraction of sp³-hybridized carbons (Fsp3) is 0.333. The molecule has 1 heterocycles. The van der Waals surface area contributed by atoms with Crippen LogP contribution in [0.3, 0.4) is 0 Å². The number of hydrogen-bond acceptors (Lipinski definition) is 5. The highest BCUT2D eigenvalue weighted by Gasteiger charge is 2.29. The number of ether oxygens (including phenoxy) is 1. The number of anilines is 3. The molecule has 2 aromatic rings. The molecule has 0 bridgehead atoms. The third-order valence-corrected chi connectivity index (χ3v) is 2.96. The number of rotatable bonds is 7. The van der Waals surface area contributed by atoms with E-state index < -0.39 is 11.7 Å². The predicted molar refractivity (Wildman–Crippen MR) is 81.7 cm³/mol. The minimum Gasteiger partial charge on any atom is -0.385 e. The molecule has 8 heteroatoms. The summed E-state index contributed by atoms with van der Waals surface area (Å²) in [4.78, 5) is 8.28. The van der Waals surface area contributed by atoms with Crippen LogP contribution in [0, 0.1) is 0 Å². The van der Waals surface area contributed by atoms with Gasteiger partial charge in [0, 0.05) is 32.1 Å². The van der Waals surface area contributed by atoms with Gasteiger partial charge in [0.2, 0.25) is 5.95 Å². The summed E-state index contributed by atoms with van der Waals surface area (Å²) in [6, 6.07) is 6.41. The maximum Gasteiger partial charge on any atom is 0.416 e.